The highest BCUT2D eigenvalue weighted by molar-refractivity contribution is 7.93. The van der Waals surface area contributed by atoms with E-state index in [1.54, 1.807) is 23.8 Å². The maximum absolute atomic E-state index is 13.6. The molecule has 27 heavy (non-hydrogen) atoms. The Morgan fingerprint density at radius 3 is 2.41 bits per heavy atom. The van der Waals surface area contributed by atoms with Gasteiger partial charge < -0.3 is 4.74 Å². The number of ether oxygens (including phenoxy) is 1. The third-order valence-electron chi connectivity index (χ3n) is 4.35. The van der Waals surface area contributed by atoms with Crippen molar-refractivity contribution in [2.24, 2.45) is 5.92 Å². The molecule has 0 saturated carbocycles. The van der Waals surface area contributed by atoms with Crippen molar-refractivity contribution < 1.29 is 23.2 Å². The largest absolute Gasteiger partial charge is 0.497 e. The summed E-state index contributed by atoms with van der Waals surface area (Å²) in [4.78, 5) is 16.7. The number of sulfone groups is 1. The van der Waals surface area contributed by atoms with Crippen LogP contribution in [-0.2, 0) is 21.1 Å². The summed E-state index contributed by atoms with van der Waals surface area (Å²) in [6.45, 7) is 3.65. The lowest BCUT2D eigenvalue weighted by atomic mass is 9.89. The first-order valence-corrected chi connectivity index (χ1v) is 9.97. The summed E-state index contributed by atoms with van der Waals surface area (Å²) in [6, 6.07) is 9.22. The number of rotatable bonds is 8. The average molecular weight is 392 g/mol. The zero-order valence-corrected chi connectivity index (χ0v) is 16.4. The first-order chi connectivity index (χ1) is 12.8. The van der Waals surface area contributed by atoms with E-state index in [0.29, 0.717) is 11.3 Å². The van der Waals surface area contributed by atoms with Crippen LogP contribution in [-0.4, -0.2) is 36.4 Å². The summed E-state index contributed by atoms with van der Waals surface area (Å²) in [6.07, 6.45) is 3.00. The molecule has 0 fully saturated rings. The van der Waals surface area contributed by atoms with Gasteiger partial charge >= 0.3 is 0 Å². The van der Waals surface area contributed by atoms with Crippen molar-refractivity contribution in [3.8, 4) is 5.75 Å². The molecule has 0 aliphatic rings. The molecule has 146 valence electrons. The third kappa shape index (κ3) is 4.28. The Hall–Kier alpha value is -2.45. The topological polar surface area (TPSA) is 106 Å². The SMILES string of the molecule is COc1ccc(S(=O)(=O)[C@@](Cc2cccnc2)(CC(C)C)C(=O)NO)cc1. The first-order valence-electron chi connectivity index (χ1n) is 8.49. The van der Waals surface area contributed by atoms with Crippen LogP contribution in [0.15, 0.2) is 53.7 Å². The summed E-state index contributed by atoms with van der Waals surface area (Å²) in [7, 11) is -2.67. The number of hydrogen-bond acceptors (Lipinski definition) is 6. The Balaban J connectivity index is 2.65. The van der Waals surface area contributed by atoms with Crippen molar-refractivity contribution in [3.63, 3.8) is 0 Å². The highest BCUT2D eigenvalue weighted by atomic mass is 32.2. The number of benzene rings is 1. The minimum absolute atomic E-state index is 0.0172. The van der Waals surface area contributed by atoms with Gasteiger partial charge in [-0.15, -0.1) is 0 Å². The number of aromatic nitrogens is 1. The standard InChI is InChI=1S/C19H24N2O5S/c1-14(2)11-19(18(22)21-23,12-15-5-4-10-20-13-15)27(24,25)17-8-6-16(26-3)7-9-17/h4-10,13-14,23H,11-12H2,1-3H3,(H,21,22)/t19-/m1/s1. The molecule has 1 aromatic carbocycles. The molecule has 0 radical (unpaired) electrons. The quantitative estimate of drug-likeness (QED) is 0.528. The number of amides is 1. The monoisotopic (exact) mass is 392 g/mol. The normalized spacial score (nSPS) is 13.8. The molecule has 0 saturated heterocycles. The van der Waals surface area contributed by atoms with E-state index in [0.717, 1.165) is 0 Å². The van der Waals surface area contributed by atoms with Crippen molar-refractivity contribution in [1.82, 2.24) is 10.5 Å². The number of nitrogens with zero attached hydrogens (tertiary/aromatic N) is 1. The second-order valence-corrected chi connectivity index (χ2v) is 9.01. The molecule has 2 aromatic rings. The van der Waals surface area contributed by atoms with Gasteiger partial charge in [-0.2, -0.15) is 0 Å². The fourth-order valence-corrected chi connectivity index (χ4v) is 5.29. The molecule has 2 N–H and O–H groups in total. The maximum atomic E-state index is 13.6. The number of methoxy groups -OCH3 is 1. The van der Waals surface area contributed by atoms with Crippen LogP contribution in [0.4, 0.5) is 0 Å². The van der Waals surface area contributed by atoms with E-state index in [1.807, 2.05) is 13.8 Å². The predicted molar refractivity (Wildman–Crippen MR) is 100 cm³/mol. The van der Waals surface area contributed by atoms with E-state index in [9.17, 15) is 18.4 Å². The van der Waals surface area contributed by atoms with Gasteiger partial charge in [-0.3, -0.25) is 15.0 Å². The van der Waals surface area contributed by atoms with Gasteiger partial charge in [-0.1, -0.05) is 19.9 Å². The highest BCUT2D eigenvalue weighted by Gasteiger charge is 2.51. The Kier molecular flexibility index (Phi) is 6.56. The van der Waals surface area contributed by atoms with Gasteiger partial charge in [0.2, 0.25) is 0 Å². The molecule has 0 unspecified atom stereocenters. The van der Waals surface area contributed by atoms with E-state index >= 15 is 0 Å². The van der Waals surface area contributed by atoms with Crippen LogP contribution in [0.1, 0.15) is 25.8 Å². The number of carbonyl (C=O) groups excluding carboxylic acids is 1. The van der Waals surface area contributed by atoms with Crippen LogP contribution >= 0.6 is 0 Å². The van der Waals surface area contributed by atoms with Gasteiger partial charge in [0, 0.05) is 18.8 Å². The number of pyridine rings is 1. The Morgan fingerprint density at radius 2 is 1.93 bits per heavy atom. The van der Waals surface area contributed by atoms with Crippen LogP contribution in [0.3, 0.4) is 0 Å². The lowest BCUT2D eigenvalue weighted by molar-refractivity contribution is -0.132. The molecule has 1 atom stereocenters. The highest BCUT2D eigenvalue weighted by Crippen LogP contribution is 2.36. The average Bonchev–Trinajstić information content (AvgIpc) is 2.67. The first kappa shape index (κ1) is 20.9. The molecule has 7 nitrogen and oxygen atoms in total. The predicted octanol–water partition coefficient (Wildman–Crippen LogP) is 2.40. The molecule has 0 aliphatic carbocycles. The number of carbonyl (C=O) groups is 1. The van der Waals surface area contributed by atoms with Crippen LogP contribution in [0.5, 0.6) is 5.75 Å². The molecule has 1 heterocycles. The summed E-state index contributed by atoms with van der Waals surface area (Å²) in [5.74, 6) is -0.579. The van der Waals surface area contributed by atoms with E-state index < -0.39 is 20.5 Å². The van der Waals surface area contributed by atoms with Crippen molar-refractivity contribution in [2.75, 3.05) is 7.11 Å². The van der Waals surface area contributed by atoms with Crippen LogP contribution < -0.4 is 10.2 Å². The Bertz CT molecular complexity index is 867. The van der Waals surface area contributed by atoms with Gasteiger partial charge in [0.05, 0.1) is 12.0 Å². The summed E-state index contributed by atoms with van der Waals surface area (Å²) in [5.41, 5.74) is 2.15. The molecule has 2 rings (SSSR count). The third-order valence-corrected chi connectivity index (χ3v) is 6.77. The molecular formula is C19H24N2O5S. The van der Waals surface area contributed by atoms with Crippen molar-refractivity contribution in [3.05, 3.63) is 54.4 Å². The fraction of sp³-hybridized carbons (Fsp3) is 0.368. The lowest BCUT2D eigenvalue weighted by Crippen LogP contribution is -2.54. The van der Waals surface area contributed by atoms with Gasteiger partial charge in [0.15, 0.2) is 14.6 Å². The second-order valence-electron chi connectivity index (χ2n) is 6.75. The van der Waals surface area contributed by atoms with Crippen molar-refractivity contribution in [2.45, 2.75) is 36.3 Å². The minimum Gasteiger partial charge on any atom is -0.497 e. The van der Waals surface area contributed by atoms with E-state index in [1.165, 1.54) is 37.6 Å². The number of nitrogens with one attached hydrogen (secondary N) is 1. The zero-order chi connectivity index (χ0) is 20.1. The van der Waals surface area contributed by atoms with Gasteiger partial charge in [-0.25, -0.2) is 13.9 Å². The molecule has 0 bridgehead atoms. The van der Waals surface area contributed by atoms with Crippen molar-refractivity contribution >= 4 is 15.7 Å². The number of hydrogen-bond donors (Lipinski definition) is 2. The Labute approximate surface area is 159 Å². The summed E-state index contributed by atoms with van der Waals surface area (Å²) >= 11 is 0. The maximum Gasteiger partial charge on any atom is 0.265 e. The molecule has 0 aliphatic heterocycles. The summed E-state index contributed by atoms with van der Waals surface area (Å²) < 4.78 is 30.3. The van der Waals surface area contributed by atoms with Crippen LogP contribution in [0.25, 0.3) is 0 Å². The summed E-state index contributed by atoms with van der Waals surface area (Å²) in [5, 5.41) is 9.35. The fourth-order valence-electron chi connectivity index (χ4n) is 3.15. The molecular weight excluding hydrogens is 368 g/mol. The van der Waals surface area contributed by atoms with E-state index in [4.69, 9.17) is 4.74 Å². The van der Waals surface area contributed by atoms with E-state index in [2.05, 4.69) is 4.98 Å². The number of hydroxylamine groups is 1. The second kappa shape index (κ2) is 8.49. The smallest absolute Gasteiger partial charge is 0.265 e. The minimum atomic E-state index is -4.15. The van der Waals surface area contributed by atoms with Gasteiger partial charge in [0.1, 0.15) is 5.75 Å². The zero-order valence-electron chi connectivity index (χ0n) is 15.5. The van der Waals surface area contributed by atoms with E-state index in [-0.39, 0.29) is 23.7 Å². The van der Waals surface area contributed by atoms with Gasteiger partial charge in [-0.05, 0) is 48.2 Å². The molecule has 1 amide bonds. The molecule has 0 spiro atoms. The molecule has 8 heteroatoms. The van der Waals surface area contributed by atoms with Crippen LogP contribution in [0, 0.1) is 5.92 Å². The molecule has 1 aromatic heterocycles. The van der Waals surface area contributed by atoms with Crippen molar-refractivity contribution in [1.29, 1.82) is 0 Å². The van der Waals surface area contributed by atoms with Gasteiger partial charge in [0.25, 0.3) is 5.91 Å². The Morgan fingerprint density at radius 1 is 1.26 bits per heavy atom. The lowest BCUT2D eigenvalue weighted by Gasteiger charge is -2.32. The van der Waals surface area contributed by atoms with Crippen LogP contribution in [0.2, 0.25) is 0 Å².